The minimum atomic E-state index is -1.78. The van der Waals surface area contributed by atoms with Gasteiger partial charge in [0, 0.05) is 5.56 Å². The number of halogens is 3. The van der Waals surface area contributed by atoms with Crippen molar-refractivity contribution in [3.8, 4) is 0 Å². The molecule has 0 fully saturated rings. The predicted molar refractivity (Wildman–Crippen MR) is 103 cm³/mol. The number of esters is 1. The quantitative estimate of drug-likeness (QED) is 0.146. The summed E-state index contributed by atoms with van der Waals surface area (Å²) >= 11 is 0. The van der Waals surface area contributed by atoms with Crippen LogP contribution in [0.5, 0.6) is 0 Å². The fourth-order valence-corrected chi connectivity index (χ4v) is 2.28. The molecule has 0 aromatic heterocycles. The largest absolute Gasteiger partial charge is 0.506 e. The maximum atomic E-state index is 14.1. The predicted octanol–water partition coefficient (Wildman–Crippen LogP) is 3.64. The molecule has 0 aliphatic rings. The highest BCUT2D eigenvalue weighted by Gasteiger charge is 2.23. The standard InChI is InChI=1S/C20H18F3N3O3/c1-3-29-20(28)14(10-25-26-19(24)12-7-5-4-6-8-12)18(27)13-9-11(2)15(21)17(23)16(13)22/h4-10,27H,3H2,1-2H3,(H2,24,26)/b18-14+,25-10+. The van der Waals surface area contributed by atoms with Crippen LogP contribution in [0.1, 0.15) is 23.6 Å². The molecule has 0 atom stereocenters. The van der Waals surface area contributed by atoms with Gasteiger partial charge in [-0.25, -0.2) is 18.0 Å². The van der Waals surface area contributed by atoms with Gasteiger partial charge in [-0.2, -0.15) is 5.10 Å². The number of aliphatic hydroxyl groups excluding tert-OH is 1. The molecule has 2 aromatic carbocycles. The first-order valence-electron chi connectivity index (χ1n) is 8.44. The Bertz CT molecular complexity index is 1000. The van der Waals surface area contributed by atoms with E-state index in [1.807, 2.05) is 0 Å². The summed E-state index contributed by atoms with van der Waals surface area (Å²) in [6.07, 6.45) is 0.791. The normalized spacial score (nSPS) is 12.8. The molecule has 0 spiro atoms. The molecule has 0 heterocycles. The van der Waals surface area contributed by atoms with E-state index < -0.39 is 40.3 Å². The zero-order valence-corrected chi connectivity index (χ0v) is 15.6. The van der Waals surface area contributed by atoms with Gasteiger partial charge in [0.05, 0.1) is 18.4 Å². The van der Waals surface area contributed by atoms with Crippen LogP contribution in [0.25, 0.3) is 5.76 Å². The van der Waals surface area contributed by atoms with E-state index in [2.05, 4.69) is 10.2 Å². The van der Waals surface area contributed by atoms with Crippen LogP contribution < -0.4 is 5.73 Å². The van der Waals surface area contributed by atoms with Crippen LogP contribution in [-0.4, -0.2) is 29.7 Å². The molecule has 0 aliphatic carbocycles. The van der Waals surface area contributed by atoms with Crippen molar-refractivity contribution in [2.75, 3.05) is 6.61 Å². The molecule has 0 radical (unpaired) electrons. The summed E-state index contributed by atoms with van der Waals surface area (Å²) in [6, 6.07) is 9.44. The number of rotatable bonds is 6. The SMILES string of the molecule is CCOC(=O)C(/C=N/N=C(/N)c1ccccc1)=C(/O)c1cc(C)c(F)c(F)c1F. The van der Waals surface area contributed by atoms with Gasteiger partial charge in [-0.05, 0) is 25.5 Å². The van der Waals surface area contributed by atoms with Crippen LogP contribution in [0.2, 0.25) is 0 Å². The number of ether oxygens (including phenoxy) is 1. The third-order valence-electron chi connectivity index (χ3n) is 3.76. The molecule has 2 rings (SSSR count). The molecule has 0 saturated carbocycles. The third-order valence-corrected chi connectivity index (χ3v) is 3.76. The Morgan fingerprint density at radius 3 is 2.45 bits per heavy atom. The number of hydrogen-bond acceptors (Lipinski definition) is 5. The lowest BCUT2D eigenvalue weighted by Gasteiger charge is -2.10. The molecule has 9 heteroatoms. The first kappa shape index (κ1) is 21.7. The van der Waals surface area contributed by atoms with E-state index in [1.54, 1.807) is 30.3 Å². The van der Waals surface area contributed by atoms with Gasteiger partial charge < -0.3 is 15.6 Å². The zero-order valence-electron chi connectivity index (χ0n) is 15.6. The number of nitrogens with two attached hydrogens (primary N) is 1. The lowest BCUT2D eigenvalue weighted by Crippen LogP contribution is -2.14. The Kier molecular flexibility index (Phi) is 7.13. The van der Waals surface area contributed by atoms with Gasteiger partial charge in [0.1, 0.15) is 11.3 Å². The minimum Gasteiger partial charge on any atom is -0.506 e. The van der Waals surface area contributed by atoms with Crippen molar-refractivity contribution in [1.82, 2.24) is 0 Å². The van der Waals surface area contributed by atoms with E-state index in [0.29, 0.717) is 5.56 Å². The van der Waals surface area contributed by atoms with Crippen molar-refractivity contribution in [2.45, 2.75) is 13.8 Å². The van der Waals surface area contributed by atoms with Crippen LogP contribution in [0.15, 0.2) is 52.2 Å². The van der Waals surface area contributed by atoms with Gasteiger partial charge >= 0.3 is 5.97 Å². The second kappa shape index (κ2) is 9.54. The highest BCUT2D eigenvalue weighted by molar-refractivity contribution is 6.15. The Labute approximate surface area is 164 Å². The lowest BCUT2D eigenvalue weighted by molar-refractivity contribution is -0.137. The zero-order chi connectivity index (χ0) is 21.6. The Balaban J connectivity index is 2.52. The van der Waals surface area contributed by atoms with E-state index in [9.17, 15) is 23.1 Å². The van der Waals surface area contributed by atoms with Gasteiger partial charge in [-0.1, -0.05) is 30.3 Å². The molecule has 0 unspecified atom stereocenters. The third kappa shape index (κ3) is 5.01. The fraction of sp³-hybridized carbons (Fsp3) is 0.150. The van der Waals surface area contributed by atoms with E-state index in [0.717, 1.165) is 12.3 Å². The Morgan fingerprint density at radius 2 is 1.83 bits per heavy atom. The van der Waals surface area contributed by atoms with E-state index in [4.69, 9.17) is 10.5 Å². The number of aryl methyl sites for hydroxylation is 1. The number of hydrogen-bond donors (Lipinski definition) is 2. The van der Waals surface area contributed by atoms with Crippen molar-refractivity contribution in [3.63, 3.8) is 0 Å². The highest BCUT2D eigenvalue weighted by atomic mass is 19.2. The summed E-state index contributed by atoms with van der Waals surface area (Å²) < 4.78 is 46.1. The monoisotopic (exact) mass is 405 g/mol. The fourth-order valence-electron chi connectivity index (χ4n) is 2.28. The van der Waals surface area contributed by atoms with Crippen LogP contribution >= 0.6 is 0 Å². The van der Waals surface area contributed by atoms with Crippen LogP contribution in [0.3, 0.4) is 0 Å². The average Bonchev–Trinajstić information content (AvgIpc) is 2.72. The lowest BCUT2D eigenvalue weighted by atomic mass is 10.0. The van der Waals surface area contributed by atoms with Gasteiger partial charge in [-0.3, -0.25) is 0 Å². The van der Waals surface area contributed by atoms with Crippen molar-refractivity contribution in [3.05, 3.63) is 76.1 Å². The molecular formula is C20H18F3N3O3. The number of nitrogens with zero attached hydrogens (tertiary/aromatic N) is 2. The summed E-state index contributed by atoms with van der Waals surface area (Å²) in [7, 11) is 0. The number of benzene rings is 2. The molecule has 0 bridgehead atoms. The Morgan fingerprint density at radius 1 is 1.17 bits per heavy atom. The second-order valence-electron chi connectivity index (χ2n) is 5.76. The molecule has 0 saturated heterocycles. The molecule has 2 aromatic rings. The van der Waals surface area contributed by atoms with Crippen LogP contribution in [0, 0.1) is 24.4 Å². The van der Waals surface area contributed by atoms with Crippen molar-refractivity contribution in [1.29, 1.82) is 0 Å². The summed E-state index contributed by atoms with van der Waals surface area (Å²) in [5.74, 6) is -6.87. The van der Waals surface area contributed by atoms with Gasteiger partial charge in [0.15, 0.2) is 23.3 Å². The van der Waals surface area contributed by atoms with Crippen LogP contribution in [0.4, 0.5) is 13.2 Å². The Hall–Kier alpha value is -3.62. The maximum absolute atomic E-state index is 14.1. The molecule has 0 aliphatic heterocycles. The molecule has 0 amide bonds. The van der Waals surface area contributed by atoms with E-state index in [1.165, 1.54) is 13.8 Å². The maximum Gasteiger partial charge on any atom is 0.343 e. The summed E-state index contributed by atoms with van der Waals surface area (Å²) in [5, 5.41) is 17.7. The molecule has 152 valence electrons. The van der Waals surface area contributed by atoms with Crippen molar-refractivity contribution >= 4 is 23.8 Å². The second-order valence-corrected chi connectivity index (χ2v) is 5.76. The minimum absolute atomic E-state index is 0.0133. The van der Waals surface area contributed by atoms with Crippen molar-refractivity contribution in [2.24, 2.45) is 15.9 Å². The summed E-state index contributed by atoms with van der Waals surface area (Å²) in [5.41, 5.74) is 4.72. The average molecular weight is 405 g/mol. The van der Waals surface area contributed by atoms with E-state index >= 15 is 0 Å². The van der Waals surface area contributed by atoms with Crippen LogP contribution in [-0.2, 0) is 9.53 Å². The molecular weight excluding hydrogens is 387 g/mol. The number of carbonyl (C=O) groups is 1. The smallest absolute Gasteiger partial charge is 0.343 e. The van der Waals surface area contributed by atoms with Crippen molar-refractivity contribution < 1.29 is 27.8 Å². The first-order valence-corrected chi connectivity index (χ1v) is 8.44. The first-order chi connectivity index (χ1) is 13.8. The van der Waals surface area contributed by atoms with Gasteiger partial charge in [0.25, 0.3) is 0 Å². The van der Waals surface area contributed by atoms with Gasteiger partial charge in [-0.15, -0.1) is 5.10 Å². The summed E-state index contributed by atoms with van der Waals surface area (Å²) in [4.78, 5) is 12.2. The topological polar surface area (TPSA) is 97.3 Å². The number of aliphatic hydroxyl groups is 1. The highest BCUT2D eigenvalue weighted by Crippen LogP contribution is 2.25. The van der Waals surface area contributed by atoms with E-state index in [-0.39, 0.29) is 18.0 Å². The number of amidine groups is 1. The molecule has 29 heavy (non-hydrogen) atoms. The van der Waals surface area contributed by atoms with Gasteiger partial charge in [0.2, 0.25) is 0 Å². The molecule has 3 N–H and O–H groups in total. The molecule has 6 nitrogen and oxygen atoms in total. The summed E-state index contributed by atoms with van der Waals surface area (Å²) in [6.45, 7) is 2.63. The number of carbonyl (C=O) groups excluding carboxylic acids is 1.